The Morgan fingerprint density at radius 2 is 2.06 bits per heavy atom. The summed E-state index contributed by atoms with van der Waals surface area (Å²) in [5.74, 6) is 0.254. The number of furan rings is 1. The molecule has 0 amide bonds. The summed E-state index contributed by atoms with van der Waals surface area (Å²) in [7, 11) is 3.73. The minimum Gasteiger partial charge on any atom is -0.453 e. The van der Waals surface area contributed by atoms with E-state index in [1.54, 1.807) is 17.2 Å². The van der Waals surface area contributed by atoms with Crippen molar-refractivity contribution in [2.45, 2.75) is 0 Å². The molecule has 0 fully saturated rings. The molecule has 0 radical (unpaired) electrons. The van der Waals surface area contributed by atoms with Crippen molar-refractivity contribution in [1.29, 1.82) is 0 Å². The molecular weight excluding hydrogens is 202 g/mol. The lowest BCUT2D eigenvalue weighted by atomic mass is 10.2. The summed E-state index contributed by atoms with van der Waals surface area (Å²) >= 11 is 0. The van der Waals surface area contributed by atoms with Crippen LogP contribution in [0.15, 0.2) is 47.0 Å². The molecule has 0 bridgehead atoms. The average Bonchev–Trinajstić information content (AvgIpc) is 2.69. The van der Waals surface area contributed by atoms with Gasteiger partial charge in [0.05, 0.1) is 0 Å². The number of carbonyl (C=O) groups is 1. The van der Waals surface area contributed by atoms with Crippen LogP contribution in [0.5, 0.6) is 0 Å². The van der Waals surface area contributed by atoms with E-state index in [0.29, 0.717) is 5.76 Å². The zero-order valence-corrected chi connectivity index (χ0v) is 9.31. The molecule has 0 N–H and O–H groups in total. The van der Waals surface area contributed by atoms with Gasteiger partial charge in [0, 0.05) is 31.8 Å². The summed E-state index contributed by atoms with van der Waals surface area (Å²) in [6.45, 7) is 0. The van der Waals surface area contributed by atoms with Crippen molar-refractivity contribution in [1.82, 2.24) is 4.90 Å². The molecule has 1 aromatic heterocycles. The van der Waals surface area contributed by atoms with E-state index in [-0.39, 0.29) is 5.78 Å². The molecule has 2 aromatic rings. The van der Waals surface area contributed by atoms with E-state index in [4.69, 9.17) is 4.42 Å². The van der Waals surface area contributed by atoms with Crippen molar-refractivity contribution in [3.63, 3.8) is 0 Å². The van der Waals surface area contributed by atoms with E-state index in [1.165, 1.54) is 6.08 Å². The van der Waals surface area contributed by atoms with Crippen molar-refractivity contribution >= 4 is 16.8 Å². The first-order valence-corrected chi connectivity index (χ1v) is 5.04. The van der Waals surface area contributed by atoms with E-state index in [9.17, 15) is 4.79 Å². The standard InChI is InChI=1S/C13H13NO2/c1-14(2)8-7-11(15)13-9-10-5-3-4-6-12(10)16-13/h3-9H,1-2H3/b8-7-. The largest absolute Gasteiger partial charge is 0.453 e. The maximum Gasteiger partial charge on any atom is 0.222 e. The fourth-order valence-electron chi connectivity index (χ4n) is 1.40. The highest BCUT2D eigenvalue weighted by Crippen LogP contribution is 2.19. The Morgan fingerprint density at radius 1 is 1.31 bits per heavy atom. The first-order valence-electron chi connectivity index (χ1n) is 5.04. The van der Waals surface area contributed by atoms with Crippen LogP contribution in [-0.4, -0.2) is 24.8 Å². The number of rotatable bonds is 3. The molecule has 16 heavy (non-hydrogen) atoms. The summed E-state index contributed by atoms with van der Waals surface area (Å²) < 4.78 is 5.44. The predicted molar refractivity (Wildman–Crippen MR) is 63.4 cm³/mol. The molecule has 1 heterocycles. The number of hydrogen-bond donors (Lipinski definition) is 0. The molecule has 0 aliphatic heterocycles. The summed E-state index contributed by atoms with van der Waals surface area (Å²) in [5.41, 5.74) is 0.740. The van der Waals surface area contributed by atoms with Crippen molar-refractivity contribution < 1.29 is 9.21 Å². The molecule has 0 saturated carbocycles. The van der Waals surface area contributed by atoms with Crippen molar-refractivity contribution in [3.8, 4) is 0 Å². The second-order valence-electron chi connectivity index (χ2n) is 3.79. The van der Waals surface area contributed by atoms with Crippen LogP contribution in [0.25, 0.3) is 11.0 Å². The van der Waals surface area contributed by atoms with E-state index < -0.39 is 0 Å². The number of para-hydroxylation sites is 1. The topological polar surface area (TPSA) is 33.5 Å². The minimum atomic E-state index is -0.120. The quantitative estimate of drug-likeness (QED) is 0.583. The molecule has 0 aliphatic rings. The summed E-state index contributed by atoms with van der Waals surface area (Å²) in [6, 6.07) is 9.34. The lowest BCUT2D eigenvalue weighted by molar-refractivity contribution is 0.102. The summed E-state index contributed by atoms with van der Waals surface area (Å²) in [6.07, 6.45) is 3.20. The third kappa shape index (κ3) is 2.14. The van der Waals surface area contributed by atoms with Gasteiger partial charge in [-0.25, -0.2) is 0 Å². The Labute approximate surface area is 94.0 Å². The minimum absolute atomic E-state index is 0.120. The molecular formula is C13H13NO2. The first-order chi connectivity index (χ1) is 7.66. The molecule has 0 unspecified atom stereocenters. The Kier molecular flexibility index (Phi) is 2.77. The van der Waals surface area contributed by atoms with Gasteiger partial charge in [-0.2, -0.15) is 0 Å². The molecule has 0 spiro atoms. The fraction of sp³-hybridized carbons (Fsp3) is 0.154. The molecule has 3 nitrogen and oxygen atoms in total. The predicted octanol–water partition coefficient (Wildman–Crippen LogP) is 2.69. The van der Waals surface area contributed by atoms with Crippen molar-refractivity contribution in [3.05, 3.63) is 48.4 Å². The van der Waals surface area contributed by atoms with Crippen LogP contribution in [0.1, 0.15) is 10.6 Å². The van der Waals surface area contributed by atoms with Crippen molar-refractivity contribution in [2.75, 3.05) is 14.1 Å². The van der Waals surface area contributed by atoms with Gasteiger partial charge in [0.15, 0.2) is 5.76 Å². The Morgan fingerprint density at radius 3 is 2.75 bits per heavy atom. The van der Waals surface area contributed by atoms with E-state index >= 15 is 0 Å². The second-order valence-corrected chi connectivity index (χ2v) is 3.79. The van der Waals surface area contributed by atoms with Crippen LogP contribution >= 0.6 is 0 Å². The highest BCUT2D eigenvalue weighted by atomic mass is 16.3. The molecule has 0 saturated heterocycles. The van der Waals surface area contributed by atoms with Gasteiger partial charge in [-0.1, -0.05) is 18.2 Å². The zero-order valence-electron chi connectivity index (χ0n) is 9.31. The summed E-state index contributed by atoms with van der Waals surface area (Å²) in [4.78, 5) is 13.5. The van der Waals surface area contributed by atoms with Crippen LogP contribution in [0.4, 0.5) is 0 Å². The average molecular weight is 215 g/mol. The van der Waals surface area contributed by atoms with Gasteiger partial charge in [0.1, 0.15) is 5.58 Å². The van der Waals surface area contributed by atoms with E-state index in [2.05, 4.69) is 0 Å². The highest BCUT2D eigenvalue weighted by molar-refractivity contribution is 6.04. The number of carbonyl (C=O) groups excluding carboxylic acids is 1. The number of hydrogen-bond acceptors (Lipinski definition) is 3. The zero-order chi connectivity index (χ0) is 11.5. The molecule has 1 aromatic carbocycles. The van der Waals surface area contributed by atoms with Gasteiger partial charge in [-0.05, 0) is 12.1 Å². The number of fused-ring (bicyclic) bond motifs is 1. The number of allylic oxidation sites excluding steroid dienone is 1. The van der Waals surface area contributed by atoms with Crippen molar-refractivity contribution in [2.24, 2.45) is 0 Å². The smallest absolute Gasteiger partial charge is 0.222 e. The normalized spacial score (nSPS) is 11.1. The summed E-state index contributed by atoms with van der Waals surface area (Å²) in [5, 5.41) is 0.948. The van der Waals surface area contributed by atoms with Crippen LogP contribution in [-0.2, 0) is 0 Å². The maximum absolute atomic E-state index is 11.7. The Balaban J connectivity index is 2.30. The molecule has 82 valence electrons. The van der Waals surface area contributed by atoms with Gasteiger partial charge >= 0.3 is 0 Å². The highest BCUT2D eigenvalue weighted by Gasteiger charge is 2.08. The van der Waals surface area contributed by atoms with Gasteiger partial charge < -0.3 is 9.32 Å². The second kappa shape index (κ2) is 4.23. The van der Waals surface area contributed by atoms with E-state index in [0.717, 1.165) is 11.0 Å². The van der Waals surface area contributed by atoms with Crippen LogP contribution in [0.2, 0.25) is 0 Å². The molecule has 3 heteroatoms. The number of benzene rings is 1. The molecule has 0 aliphatic carbocycles. The fourth-order valence-corrected chi connectivity index (χ4v) is 1.40. The van der Waals surface area contributed by atoms with Crippen LogP contribution in [0, 0.1) is 0 Å². The van der Waals surface area contributed by atoms with Gasteiger partial charge in [-0.3, -0.25) is 4.79 Å². The lowest BCUT2D eigenvalue weighted by Crippen LogP contribution is -2.02. The van der Waals surface area contributed by atoms with Crippen LogP contribution < -0.4 is 0 Å². The van der Waals surface area contributed by atoms with Gasteiger partial charge in [0.2, 0.25) is 5.78 Å². The third-order valence-electron chi connectivity index (χ3n) is 2.19. The van der Waals surface area contributed by atoms with Gasteiger partial charge in [0.25, 0.3) is 0 Å². The number of nitrogens with zero attached hydrogens (tertiary/aromatic N) is 1. The Hall–Kier alpha value is -2.03. The van der Waals surface area contributed by atoms with E-state index in [1.807, 2.05) is 38.4 Å². The Bertz CT molecular complexity index is 505. The number of ketones is 1. The molecule has 2 rings (SSSR count). The monoisotopic (exact) mass is 215 g/mol. The molecule has 0 atom stereocenters. The lowest BCUT2D eigenvalue weighted by Gasteiger charge is -2.01. The maximum atomic E-state index is 11.7. The van der Waals surface area contributed by atoms with Crippen LogP contribution in [0.3, 0.4) is 0 Å². The SMILES string of the molecule is CN(C)/C=C\C(=O)c1cc2ccccc2o1. The first kappa shape index (κ1) is 10.5. The van der Waals surface area contributed by atoms with Gasteiger partial charge in [-0.15, -0.1) is 0 Å². The third-order valence-corrected chi connectivity index (χ3v) is 2.19.